The first-order valence-electron chi connectivity index (χ1n) is 5.84. The van der Waals surface area contributed by atoms with Gasteiger partial charge >= 0.3 is 0 Å². The van der Waals surface area contributed by atoms with Gasteiger partial charge in [0.15, 0.2) is 0 Å². The van der Waals surface area contributed by atoms with E-state index in [0.717, 1.165) is 4.90 Å². The van der Waals surface area contributed by atoms with Crippen LogP contribution in [0.3, 0.4) is 0 Å². The van der Waals surface area contributed by atoms with Crippen molar-refractivity contribution < 1.29 is 10.2 Å². The summed E-state index contributed by atoms with van der Waals surface area (Å²) in [6.07, 6.45) is -1.93. The Hall–Kier alpha value is -1.36. The Labute approximate surface area is 124 Å². The predicted molar refractivity (Wildman–Crippen MR) is 78.2 cm³/mol. The minimum atomic E-state index is -1.05. The monoisotopic (exact) mass is 308 g/mol. The van der Waals surface area contributed by atoms with Crippen LogP contribution in [0.2, 0.25) is 0 Å². The van der Waals surface area contributed by atoms with E-state index >= 15 is 0 Å². The Balaban J connectivity index is 2.13. The average molecular weight is 308 g/mol. The number of thioether (sulfide) groups is 2. The Bertz CT molecular complexity index is 554. The number of hydrogen-bond donors (Lipinski definition) is 2. The van der Waals surface area contributed by atoms with Crippen molar-refractivity contribution in [3.63, 3.8) is 0 Å². The number of aliphatic hydroxyl groups is 2. The molecule has 0 aromatic heterocycles. The van der Waals surface area contributed by atoms with Crippen molar-refractivity contribution in [2.45, 2.75) is 27.7 Å². The van der Waals surface area contributed by atoms with Crippen LogP contribution < -0.4 is 0 Å². The first-order chi connectivity index (χ1) is 9.65. The predicted octanol–water partition coefficient (Wildman–Crippen LogP) is 2.12. The first kappa shape index (κ1) is 15.0. The second-order valence-corrected chi connectivity index (χ2v) is 6.90. The van der Waals surface area contributed by atoms with E-state index in [-0.39, 0.29) is 4.58 Å². The molecule has 20 heavy (non-hydrogen) atoms. The lowest BCUT2D eigenvalue weighted by atomic mass is 10.1. The molecule has 1 fully saturated rings. The maximum atomic E-state index is 9.91. The van der Waals surface area contributed by atoms with Gasteiger partial charge in [0.25, 0.3) is 0 Å². The molecule has 104 valence electrons. The molecular weight excluding hydrogens is 296 g/mol. The van der Waals surface area contributed by atoms with E-state index < -0.39 is 18.2 Å². The van der Waals surface area contributed by atoms with Crippen molar-refractivity contribution in [3.05, 3.63) is 40.3 Å². The molecule has 4 atom stereocenters. The van der Waals surface area contributed by atoms with E-state index in [9.17, 15) is 10.2 Å². The lowest BCUT2D eigenvalue weighted by molar-refractivity contribution is 0.0173. The molecule has 0 radical (unpaired) electrons. The Morgan fingerprint density at radius 2 is 2.10 bits per heavy atom. The lowest BCUT2D eigenvalue weighted by Gasteiger charge is -2.34. The van der Waals surface area contributed by atoms with Gasteiger partial charge in [-0.25, -0.2) is 0 Å². The topological polar surface area (TPSA) is 113 Å². The summed E-state index contributed by atoms with van der Waals surface area (Å²) >= 11 is 2.91. The molecule has 1 aromatic carbocycles. The molecule has 0 spiro atoms. The van der Waals surface area contributed by atoms with Crippen LogP contribution in [0.5, 0.6) is 0 Å². The van der Waals surface area contributed by atoms with Crippen molar-refractivity contribution in [1.29, 1.82) is 5.26 Å². The molecule has 0 amide bonds. The largest absolute Gasteiger partial charge is 0.390 e. The van der Waals surface area contributed by atoms with Crippen LogP contribution >= 0.6 is 23.5 Å². The summed E-state index contributed by atoms with van der Waals surface area (Å²) in [5.41, 5.74) is 9.16. The lowest BCUT2D eigenvalue weighted by Crippen LogP contribution is -2.46. The third kappa shape index (κ3) is 3.39. The second-order valence-electron chi connectivity index (χ2n) is 4.21. The smallest absolute Gasteiger partial charge is 0.0991 e. The van der Waals surface area contributed by atoms with Crippen molar-refractivity contribution in [2.24, 2.45) is 5.11 Å². The number of benzene rings is 1. The number of rotatable bonds is 3. The molecule has 1 aliphatic rings. The highest BCUT2D eigenvalue weighted by Gasteiger charge is 2.38. The second kappa shape index (κ2) is 6.88. The zero-order chi connectivity index (χ0) is 14.5. The molecule has 1 aliphatic heterocycles. The van der Waals surface area contributed by atoms with Gasteiger partial charge in [0, 0.05) is 15.6 Å². The van der Waals surface area contributed by atoms with E-state index in [2.05, 4.69) is 10.0 Å². The third-order valence-corrected chi connectivity index (χ3v) is 5.77. The summed E-state index contributed by atoms with van der Waals surface area (Å²) < 4.78 is -0.169. The standard InChI is InChI=1S/C12H12N4O2S2/c13-5-7-1-3-8(4-2-7)20-12-10(15-16-14)11(18)9(17)6-19-12/h1-4,9-12,17-18H,6H2/t9-,10-,11+,12+/m1/s1. The SMILES string of the molecule is N#Cc1ccc(S[C@@H]2SC[C@@H](O)[C@H](O)[C@H]2N=[N+]=[N-])cc1. The summed E-state index contributed by atoms with van der Waals surface area (Å²) in [5, 5.41) is 31.9. The summed E-state index contributed by atoms with van der Waals surface area (Å²) in [6.45, 7) is 0. The van der Waals surface area contributed by atoms with E-state index in [1.54, 1.807) is 12.1 Å². The van der Waals surface area contributed by atoms with Crippen molar-refractivity contribution >= 4 is 23.5 Å². The van der Waals surface area contributed by atoms with Crippen LogP contribution in [-0.2, 0) is 0 Å². The van der Waals surface area contributed by atoms with Gasteiger partial charge in [-0.3, -0.25) is 0 Å². The molecule has 2 rings (SSSR count). The van der Waals surface area contributed by atoms with Gasteiger partial charge in [-0.1, -0.05) is 5.11 Å². The van der Waals surface area contributed by atoms with Crippen LogP contribution in [0.25, 0.3) is 10.4 Å². The van der Waals surface area contributed by atoms with Crippen LogP contribution in [0, 0.1) is 11.3 Å². The average Bonchev–Trinajstić information content (AvgIpc) is 2.47. The van der Waals surface area contributed by atoms with E-state index in [1.165, 1.54) is 23.5 Å². The van der Waals surface area contributed by atoms with Gasteiger partial charge in [0.05, 0.1) is 34.5 Å². The zero-order valence-corrected chi connectivity index (χ0v) is 12.0. The molecule has 6 nitrogen and oxygen atoms in total. The number of nitrogens with zero attached hydrogens (tertiary/aromatic N) is 4. The van der Waals surface area contributed by atoms with Gasteiger partial charge in [-0.2, -0.15) is 5.26 Å². The minimum Gasteiger partial charge on any atom is -0.390 e. The molecule has 0 unspecified atom stereocenters. The molecule has 0 aliphatic carbocycles. The van der Waals surface area contributed by atoms with Gasteiger partial charge in [-0.05, 0) is 29.8 Å². The zero-order valence-electron chi connectivity index (χ0n) is 10.3. The Kier molecular flexibility index (Phi) is 5.17. The number of azide groups is 1. The Morgan fingerprint density at radius 3 is 2.70 bits per heavy atom. The molecule has 0 bridgehead atoms. The molecule has 1 heterocycles. The van der Waals surface area contributed by atoms with Gasteiger partial charge < -0.3 is 10.2 Å². The van der Waals surface area contributed by atoms with E-state index in [4.69, 9.17) is 10.8 Å². The molecule has 2 N–H and O–H groups in total. The molecule has 0 saturated carbocycles. The van der Waals surface area contributed by atoms with Crippen LogP contribution in [0.1, 0.15) is 5.56 Å². The number of nitriles is 1. The normalized spacial score (nSPS) is 29.2. The highest BCUT2D eigenvalue weighted by molar-refractivity contribution is 8.17. The van der Waals surface area contributed by atoms with Crippen LogP contribution in [0.15, 0.2) is 34.3 Å². The van der Waals surface area contributed by atoms with Gasteiger partial charge in [0.1, 0.15) is 0 Å². The first-order valence-corrected chi connectivity index (χ1v) is 7.77. The number of aliphatic hydroxyl groups excluding tert-OH is 2. The van der Waals surface area contributed by atoms with E-state index in [1.807, 2.05) is 18.2 Å². The maximum Gasteiger partial charge on any atom is 0.0991 e. The van der Waals surface area contributed by atoms with E-state index in [0.29, 0.717) is 11.3 Å². The Morgan fingerprint density at radius 1 is 1.40 bits per heavy atom. The fourth-order valence-corrected chi connectivity index (χ4v) is 4.56. The molecule has 8 heteroatoms. The van der Waals surface area contributed by atoms with Crippen molar-refractivity contribution in [3.8, 4) is 6.07 Å². The van der Waals surface area contributed by atoms with Gasteiger partial charge in [0.2, 0.25) is 0 Å². The van der Waals surface area contributed by atoms with Crippen LogP contribution in [0.4, 0.5) is 0 Å². The van der Waals surface area contributed by atoms with Crippen molar-refractivity contribution in [2.75, 3.05) is 5.75 Å². The fraction of sp³-hybridized carbons (Fsp3) is 0.417. The fourth-order valence-electron chi connectivity index (χ4n) is 1.81. The summed E-state index contributed by atoms with van der Waals surface area (Å²) in [7, 11) is 0. The molecule has 1 saturated heterocycles. The van der Waals surface area contributed by atoms with Gasteiger partial charge in [-0.15, -0.1) is 23.5 Å². The molecule has 1 aromatic rings. The summed E-state index contributed by atoms with van der Waals surface area (Å²) in [6, 6.07) is 8.41. The summed E-state index contributed by atoms with van der Waals surface area (Å²) in [5.74, 6) is 0.395. The maximum absolute atomic E-state index is 9.91. The highest BCUT2D eigenvalue weighted by Crippen LogP contribution is 2.39. The van der Waals surface area contributed by atoms with Crippen molar-refractivity contribution in [1.82, 2.24) is 0 Å². The molecular formula is C12H12N4O2S2. The van der Waals surface area contributed by atoms with Crippen LogP contribution in [-0.4, -0.2) is 38.8 Å². The number of hydrogen-bond acceptors (Lipinski definition) is 6. The highest BCUT2D eigenvalue weighted by atomic mass is 32.2. The minimum absolute atomic E-state index is 0.169. The quantitative estimate of drug-likeness (QED) is 0.504. The summed E-state index contributed by atoms with van der Waals surface area (Å²) in [4.78, 5) is 3.67. The third-order valence-electron chi connectivity index (χ3n) is 2.87.